The van der Waals surface area contributed by atoms with E-state index in [0.29, 0.717) is 23.6 Å². The summed E-state index contributed by atoms with van der Waals surface area (Å²) in [4.78, 5) is 11.7. The fourth-order valence-electron chi connectivity index (χ4n) is 1.38. The minimum Gasteiger partial charge on any atom is -0.491 e. The van der Waals surface area contributed by atoms with Gasteiger partial charge in [0.2, 0.25) is 0 Å². The quantitative estimate of drug-likeness (QED) is 0.358. The molecule has 0 aliphatic rings. The summed E-state index contributed by atoms with van der Waals surface area (Å²) in [5, 5.41) is 0. The van der Waals surface area contributed by atoms with Gasteiger partial charge in [0, 0.05) is 0 Å². The first kappa shape index (κ1) is 14.6. The lowest BCUT2D eigenvalue weighted by Gasteiger charge is -2.11. The zero-order chi connectivity index (χ0) is 13.4. The van der Waals surface area contributed by atoms with Crippen LogP contribution in [0.3, 0.4) is 0 Å². The van der Waals surface area contributed by atoms with Gasteiger partial charge in [0.05, 0.1) is 23.7 Å². The van der Waals surface area contributed by atoms with Gasteiger partial charge in [-0.2, -0.15) is 0 Å². The van der Waals surface area contributed by atoms with E-state index in [0.717, 1.165) is 12.8 Å². The van der Waals surface area contributed by atoms with Gasteiger partial charge in [-0.25, -0.2) is 4.79 Å². The maximum atomic E-state index is 11.7. The Bertz CT molecular complexity index is 396. The molecule has 4 nitrogen and oxygen atoms in total. The number of alkyl halides is 1. The SMILES string of the molecule is CCCCOc1cccc(C(=O)OCCCl)c1N. The topological polar surface area (TPSA) is 61.5 Å². The minimum atomic E-state index is -0.478. The smallest absolute Gasteiger partial charge is 0.340 e. The highest BCUT2D eigenvalue weighted by atomic mass is 35.5. The highest BCUT2D eigenvalue weighted by molar-refractivity contribution is 6.18. The van der Waals surface area contributed by atoms with E-state index in [9.17, 15) is 4.79 Å². The number of halogens is 1. The number of carbonyl (C=O) groups excluding carboxylic acids is 1. The van der Waals surface area contributed by atoms with E-state index >= 15 is 0 Å². The molecular formula is C13H18ClNO3. The van der Waals surface area contributed by atoms with E-state index in [1.165, 1.54) is 0 Å². The van der Waals surface area contributed by atoms with Gasteiger partial charge in [0.25, 0.3) is 0 Å². The predicted molar refractivity (Wildman–Crippen MR) is 72.3 cm³/mol. The number of unbranched alkanes of at least 4 members (excludes halogenated alkanes) is 1. The normalized spacial score (nSPS) is 10.1. The van der Waals surface area contributed by atoms with Crippen molar-refractivity contribution < 1.29 is 14.3 Å². The van der Waals surface area contributed by atoms with Crippen LogP contribution < -0.4 is 10.5 Å². The number of rotatable bonds is 7. The first-order chi connectivity index (χ1) is 8.70. The molecule has 0 amide bonds. The lowest BCUT2D eigenvalue weighted by molar-refractivity contribution is 0.0530. The van der Waals surface area contributed by atoms with Crippen LogP contribution in [0.25, 0.3) is 0 Å². The minimum absolute atomic E-state index is 0.167. The maximum Gasteiger partial charge on any atom is 0.340 e. The number of nitrogen functional groups attached to an aromatic ring is 1. The van der Waals surface area contributed by atoms with Crippen molar-refractivity contribution in [2.75, 3.05) is 24.8 Å². The summed E-state index contributed by atoms with van der Waals surface area (Å²) in [6, 6.07) is 5.07. The van der Waals surface area contributed by atoms with Crippen molar-refractivity contribution in [3.05, 3.63) is 23.8 Å². The van der Waals surface area contributed by atoms with Gasteiger partial charge in [-0.3, -0.25) is 0 Å². The van der Waals surface area contributed by atoms with Crippen LogP contribution in [0.15, 0.2) is 18.2 Å². The van der Waals surface area contributed by atoms with Crippen molar-refractivity contribution >= 4 is 23.3 Å². The Hall–Kier alpha value is -1.42. The molecule has 0 atom stereocenters. The number of anilines is 1. The van der Waals surface area contributed by atoms with Crippen LogP contribution in [-0.4, -0.2) is 25.1 Å². The van der Waals surface area contributed by atoms with E-state index in [1.54, 1.807) is 18.2 Å². The summed E-state index contributed by atoms with van der Waals surface area (Å²) in [7, 11) is 0. The molecule has 2 N–H and O–H groups in total. The van der Waals surface area contributed by atoms with Gasteiger partial charge in [-0.05, 0) is 18.6 Å². The monoisotopic (exact) mass is 271 g/mol. The number of benzene rings is 1. The Balaban J connectivity index is 2.74. The molecule has 1 rings (SSSR count). The van der Waals surface area contributed by atoms with Crippen molar-refractivity contribution in [3.8, 4) is 5.75 Å². The van der Waals surface area contributed by atoms with Gasteiger partial charge in [0.15, 0.2) is 0 Å². The van der Waals surface area contributed by atoms with Crippen LogP contribution in [0.2, 0.25) is 0 Å². The van der Waals surface area contributed by atoms with Crippen molar-refractivity contribution in [1.29, 1.82) is 0 Å². The Morgan fingerprint density at radius 1 is 1.39 bits per heavy atom. The molecule has 5 heteroatoms. The van der Waals surface area contributed by atoms with Gasteiger partial charge in [-0.15, -0.1) is 11.6 Å². The molecule has 0 saturated heterocycles. The van der Waals surface area contributed by atoms with Gasteiger partial charge < -0.3 is 15.2 Å². The highest BCUT2D eigenvalue weighted by Crippen LogP contribution is 2.26. The average molecular weight is 272 g/mol. The molecule has 0 fully saturated rings. The summed E-state index contributed by atoms with van der Waals surface area (Å²) in [5.74, 6) is 0.302. The first-order valence-corrected chi connectivity index (χ1v) is 6.48. The van der Waals surface area contributed by atoms with E-state index in [4.69, 9.17) is 26.8 Å². The van der Waals surface area contributed by atoms with Crippen LogP contribution in [0, 0.1) is 0 Å². The van der Waals surface area contributed by atoms with Crippen molar-refractivity contribution in [3.63, 3.8) is 0 Å². The number of ether oxygens (including phenoxy) is 2. The average Bonchev–Trinajstić information content (AvgIpc) is 2.38. The third-order valence-electron chi connectivity index (χ3n) is 2.35. The lowest BCUT2D eigenvalue weighted by Crippen LogP contribution is -2.11. The fraction of sp³-hybridized carbons (Fsp3) is 0.462. The third-order valence-corrected chi connectivity index (χ3v) is 2.51. The molecule has 0 radical (unpaired) electrons. The summed E-state index contributed by atoms with van der Waals surface area (Å²) in [6.07, 6.45) is 1.98. The molecule has 1 aromatic carbocycles. The molecule has 0 aromatic heterocycles. The predicted octanol–water partition coefficient (Wildman–Crippen LogP) is 2.84. The summed E-state index contributed by atoms with van der Waals surface area (Å²) in [5.41, 5.74) is 6.51. The molecule has 1 aromatic rings. The zero-order valence-electron chi connectivity index (χ0n) is 10.4. The summed E-state index contributed by atoms with van der Waals surface area (Å²) >= 11 is 5.46. The maximum absolute atomic E-state index is 11.7. The Kier molecular flexibility index (Phi) is 6.36. The van der Waals surface area contributed by atoms with Crippen LogP contribution in [-0.2, 0) is 4.74 Å². The number of carbonyl (C=O) groups is 1. The van der Waals surface area contributed by atoms with Crippen molar-refractivity contribution in [1.82, 2.24) is 0 Å². The molecule has 0 spiro atoms. The number of hydrogen-bond acceptors (Lipinski definition) is 4. The molecular weight excluding hydrogens is 254 g/mol. The lowest BCUT2D eigenvalue weighted by atomic mass is 10.1. The number of nitrogens with two attached hydrogens (primary N) is 1. The first-order valence-electron chi connectivity index (χ1n) is 5.95. The van der Waals surface area contributed by atoms with Gasteiger partial charge >= 0.3 is 5.97 Å². The Morgan fingerprint density at radius 2 is 2.17 bits per heavy atom. The van der Waals surface area contributed by atoms with Crippen molar-refractivity contribution in [2.24, 2.45) is 0 Å². The molecule has 18 heavy (non-hydrogen) atoms. The van der Waals surface area contributed by atoms with Gasteiger partial charge in [-0.1, -0.05) is 19.4 Å². The fourth-order valence-corrected chi connectivity index (χ4v) is 1.46. The number of para-hydroxylation sites is 1. The van der Waals surface area contributed by atoms with E-state index < -0.39 is 5.97 Å². The second-order valence-electron chi connectivity index (χ2n) is 3.74. The number of hydrogen-bond donors (Lipinski definition) is 1. The summed E-state index contributed by atoms with van der Waals surface area (Å²) in [6.45, 7) is 2.83. The van der Waals surface area contributed by atoms with E-state index in [2.05, 4.69) is 6.92 Å². The van der Waals surface area contributed by atoms with Crippen LogP contribution in [0.5, 0.6) is 5.75 Å². The third kappa shape index (κ3) is 4.11. The van der Waals surface area contributed by atoms with Gasteiger partial charge in [0.1, 0.15) is 12.4 Å². The molecule has 0 saturated carbocycles. The highest BCUT2D eigenvalue weighted by Gasteiger charge is 2.14. The Morgan fingerprint density at radius 3 is 2.83 bits per heavy atom. The van der Waals surface area contributed by atoms with Crippen molar-refractivity contribution in [2.45, 2.75) is 19.8 Å². The van der Waals surface area contributed by atoms with E-state index in [-0.39, 0.29) is 12.5 Å². The largest absolute Gasteiger partial charge is 0.491 e. The molecule has 0 aliphatic carbocycles. The Labute approximate surface area is 112 Å². The standard InChI is InChI=1S/C13H18ClNO3/c1-2-3-8-17-11-6-4-5-10(12(11)15)13(16)18-9-7-14/h4-6H,2-3,7-9,15H2,1H3. The molecule has 0 unspecified atom stereocenters. The van der Waals surface area contributed by atoms with Crippen LogP contribution in [0.4, 0.5) is 5.69 Å². The van der Waals surface area contributed by atoms with E-state index in [1.807, 2.05) is 0 Å². The second-order valence-corrected chi connectivity index (χ2v) is 4.12. The zero-order valence-corrected chi connectivity index (χ0v) is 11.2. The molecule has 100 valence electrons. The summed E-state index contributed by atoms with van der Waals surface area (Å²) < 4.78 is 10.4. The molecule has 0 aliphatic heterocycles. The second kappa shape index (κ2) is 7.82. The van der Waals surface area contributed by atoms with Crippen LogP contribution in [0.1, 0.15) is 30.1 Å². The number of esters is 1. The molecule has 0 bridgehead atoms. The molecule has 0 heterocycles. The van der Waals surface area contributed by atoms with Crippen LogP contribution >= 0.6 is 11.6 Å².